The summed E-state index contributed by atoms with van der Waals surface area (Å²) < 4.78 is 1.80. The van der Waals surface area contributed by atoms with Gasteiger partial charge in [0.05, 0.1) is 24.8 Å². The lowest BCUT2D eigenvalue weighted by molar-refractivity contribution is -0.141. The molecule has 0 aliphatic carbocycles. The molecule has 0 radical (unpaired) electrons. The minimum Gasteiger partial charge on any atom is -0.336 e. The van der Waals surface area contributed by atoms with Crippen LogP contribution in [0.5, 0.6) is 0 Å². The second-order valence-electron chi connectivity index (χ2n) is 7.28. The average Bonchev–Trinajstić information content (AvgIpc) is 3.13. The van der Waals surface area contributed by atoms with Gasteiger partial charge in [-0.1, -0.05) is 37.3 Å². The third kappa shape index (κ3) is 5.78. The molecule has 0 spiro atoms. The molecular weight excluding hydrogens is 374 g/mol. The predicted molar refractivity (Wildman–Crippen MR) is 105 cm³/mol. The molecule has 9 heteroatoms. The van der Waals surface area contributed by atoms with Crippen LogP contribution in [0.25, 0.3) is 0 Å². The molecule has 3 amide bonds. The number of likely N-dealkylation sites (tertiary alicyclic amines) is 1. The Morgan fingerprint density at radius 1 is 1.14 bits per heavy atom. The van der Waals surface area contributed by atoms with E-state index < -0.39 is 12.1 Å². The maximum Gasteiger partial charge on any atom is 0.342 e. The summed E-state index contributed by atoms with van der Waals surface area (Å²) in [7, 11) is 1.84. The van der Waals surface area contributed by atoms with Crippen molar-refractivity contribution >= 4 is 11.9 Å². The largest absolute Gasteiger partial charge is 0.342 e. The molecule has 3 rings (SSSR count). The number of hydroxylamine groups is 2. The van der Waals surface area contributed by atoms with Crippen LogP contribution >= 0.6 is 0 Å². The van der Waals surface area contributed by atoms with E-state index in [0.29, 0.717) is 18.9 Å². The van der Waals surface area contributed by atoms with E-state index in [-0.39, 0.29) is 19.1 Å². The van der Waals surface area contributed by atoms with E-state index in [1.54, 1.807) is 17.1 Å². The van der Waals surface area contributed by atoms with Crippen molar-refractivity contribution in [2.24, 2.45) is 13.0 Å². The van der Waals surface area contributed by atoms with Crippen LogP contribution in [0.3, 0.4) is 0 Å². The Morgan fingerprint density at radius 2 is 1.90 bits per heavy atom. The maximum atomic E-state index is 12.6. The van der Waals surface area contributed by atoms with Crippen LogP contribution in [0.1, 0.15) is 31.0 Å². The van der Waals surface area contributed by atoms with Gasteiger partial charge in [0.25, 0.3) is 5.91 Å². The Hall–Kier alpha value is -2.91. The topological polar surface area (TPSA) is 97.7 Å². The van der Waals surface area contributed by atoms with E-state index in [4.69, 9.17) is 9.68 Å². The molecule has 2 N–H and O–H groups in total. The number of aryl methyl sites for hydroxylation is 1. The molecule has 0 saturated carbocycles. The van der Waals surface area contributed by atoms with Crippen LogP contribution in [0.2, 0.25) is 0 Å². The first-order chi connectivity index (χ1) is 14.0. The zero-order valence-electron chi connectivity index (χ0n) is 16.7. The number of piperidine rings is 1. The lowest BCUT2D eigenvalue weighted by Crippen LogP contribution is -2.56. The van der Waals surface area contributed by atoms with Crippen molar-refractivity contribution < 1.29 is 19.3 Å². The van der Waals surface area contributed by atoms with Gasteiger partial charge in [-0.2, -0.15) is 0 Å². The van der Waals surface area contributed by atoms with Gasteiger partial charge in [-0.15, -0.1) is 0 Å². The van der Waals surface area contributed by atoms with Crippen molar-refractivity contribution in [2.75, 3.05) is 6.54 Å². The number of aromatic nitrogens is 2. The summed E-state index contributed by atoms with van der Waals surface area (Å²) in [6.45, 7) is 2.97. The molecule has 1 saturated heterocycles. The minimum absolute atomic E-state index is 0.192. The Kier molecular flexibility index (Phi) is 7.20. The van der Waals surface area contributed by atoms with Crippen molar-refractivity contribution in [1.29, 1.82) is 0 Å². The highest BCUT2D eigenvalue weighted by Gasteiger charge is 2.35. The molecule has 29 heavy (non-hydrogen) atoms. The number of nitrogens with one attached hydrogen (secondary N) is 2. The summed E-state index contributed by atoms with van der Waals surface area (Å²) in [6.07, 6.45) is 4.74. The summed E-state index contributed by atoms with van der Waals surface area (Å²) in [5, 5.41) is 0. The standard InChI is InChI=1S/C20H27N5O4/c1-15-8-9-18(19(26)22-29-13-17-10-21-14-24(17)2)25(11-15)20(27)23-28-12-16-6-4-3-5-7-16/h3-7,10,14-15,18H,8-9,11-13H2,1-2H3,(H,22,26)(H,23,27)/t15-,18+/m1/s1. The fraction of sp³-hybridized carbons (Fsp3) is 0.450. The summed E-state index contributed by atoms with van der Waals surface area (Å²) in [6, 6.07) is 8.49. The monoisotopic (exact) mass is 401 g/mol. The van der Waals surface area contributed by atoms with E-state index in [9.17, 15) is 9.59 Å². The van der Waals surface area contributed by atoms with Crippen molar-refractivity contribution in [3.05, 3.63) is 54.1 Å². The van der Waals surface area contributed by atoms with Crippen LogP contribution in [0.15, 0.2) is 42.9 Å². The van der Waals surface area contributed by atoms with Crippen LogP contribution in [0.4, 0.5) is 4.79 Å². The van der Waals surface area contributed by atoms with Gasteiger partial charge >= 0.3 is 6.03 Å². The average molecular weight is 401 g/mol. The van der Waals surface area contributed by atoms with Crippen molar-refractivity contribution in [2.45, 2.75) is 39.0 Å². The number of urea groups is 1. The molecule has 156 valence electrons. The molecule has 1 aromatic heterocycles. The molecular formula is C20H27N5O4. The highest BCUT2D eigenvalue weighted by molar-refractivity contribution is 5.86. The Labute approximate surface area is 169 Å². The third-order valence-electron chi connectivity index (χ3n) is 4.93. The number of carbonyl (C=O) groups is 2. The first-order valence-electron chi connectivity index (χ1n) is 9.63. The molecule has 0 bridgehead atoms. The molecule has 1 aliphatic rings. The zero-order valence-corrected chi connectivity index (χ0v) is 16.7. The molecule has 1 fully saturated rings. The summed E-state index contributed by atoms with van der Waals surface area (Å²) in [5.74, 6) is -0.0495. The number of rotatable bonds is 7. The number of hydrogen-bond donors (Lipinski definition) is 2. The van der Waals surface area contributed by atoms with Gasteiger partial charge in [0, 0.05) is 13.6 Å². The van der Waals surface area contributed by atoms with Gasteiger partial charge in [-0.05, 0) is 24.3 Å². The van der Waals surface area contributed by atoms with Crippen LogP contribution in [-0.2, 0) is 34.7 Å². The van der Waals surface area contributed by atoms with Crippen LogP contribution in [-0.4, -0.2) is 39.0 Å². The van der Waals surface area contributed by atoms with Gasteiger partial charge in [0.2, 0.25) is 0 Å². The van der Waals surface area contributed by atoms with Crippen LogP contribution in [0, 0.1) is 5.92 Å². The number of hydrogen-bond acceptors (Lipinski definition) is 5. The molecule has 2 aromatic rings. The summed E-state index contributed by atoms with van der Waals surface area (Å²) in [4.78, 5) is 41.4. The highest BCUT2D eigenvalue weighted by atomic mass is 16.7. The molecule has 2 atom stereocenters. The molecule has 1 aromatic carbocycles. The smallest absolute Gasteiger partial charge is 0.336 e. The van der Waals surface area contributed by atoms with E-state index >= 15 is 0 Å². The van der Waals surface area contributed by atoms with E-state index in [1.165, 1.54) is 4.90 Å². The molecule has 9 nitrogen and oxygen atoms in total. The quantitative estimate of drug-likeness (QED) is 0.691. The lowest BCUT2D eigenvalue weighted by Gasteiger charge is -2.37. The minimum atomic E-state index is -0.613. The summed E-state index contributed by atoms with van der Waals surface area (Å²) >= 11 is 0. The van der Waals surface area contributed by atoms with E-state index in [0.717, 1.165) is 17.7 Å². The number of amides is 3. The Morgan fingerprint density at radius 3 is 2.62 bits per heavy atom. The third-order valence-corrected chi connectivity index (χ3v) is 4.93. The summed E-state index contributed by atoms with van der Waals surface area (Å²) in [5.41, 5.74) is 6.67. The second kappa shape index (κ2) is 10.0. The maximum absolute atomic E-state index is 12.6. The van der Waals surface area contributed by atoms with Crippen molar-refractivity contribution in [3.63, 3.8) is 0 Å². The number of carbonyl (C=O) groups excluding carboxylic acids is 2. The lowest BCUT2D eigenvalue weighted by atomic mass is 9.94. The molecule has 1 aliphatic heterocycles. The predicted octanol–water partition coefficient (Wildman–Crippen LogP) is 1.91. The Balaban J connectivity index is 1.51. The van der Waals surface area contributed by atoms with Gasteiger partial charge < -0.3 is 9.47 Å². The molecule has 2 heterocycles. The fourth-order valence-corrected chi connectivity index (χ4v) is 3.24. The normalized spacial score (nSPS) is 19.0. The molecule has 0 unspecified atom stereocenters. The van der Waals surface area contributed by atoms with Crippen molar-refractivity contribution in [1.82, 2.24) is 25.4 Å². The van der Waals surface area contributed by atoms with E-state index in [1.807, 2.05) is 37.4 Å². The second-order valence-corrected chi connectivity index (χ2v) is 7.28. The number of nitrogens with zero attached hydrogens (tertiary/aromatic N) is 3. The first-order valence-corrected chi connectivity index (χ1v) is 9.63. The van der Waals surface area contributed by atoms with Crippen molar-refractivity contribution in [3.8, 4) is 0 Å². The number of benzene rings is 1. The van der Waals surface area contributed by atoms with Gasteiger partial charge in [0.15, 0.2) is 0 Å². The fourth-order valence-electron chi connectivity index (χ4n) is 3.24. The van der Waals surface area contributed by atoms with Gasteiger partial charge in [-0.3, -0.25) is 14.5 Å². The zero-order chi connectivity index (χ0) is 20.6. The van der Waals surface area contributed by atoms with E-state index in [2.05, 4.69) is 22.9 Å². The first kappa shape index (κ1) is 20.8. The van der Waals surface area contributed by atoms with Gasteiger partial charge in [-0.25, -0.2) is 20.7 Å². The van der Waals surface area contributed by atoms with Crippen LogP contribution < -0.4 is 11.0 Å². The Bertz CT molecular complexity index is 810. The highest BCUT2D eigenvalue weighted by Crippen LogP contribution is 2.22. The van der Waals surface area contributed by atoms with Gasteiger partial charge in [0.1, 0.15) is 12.6 Å². The number of imidazole rings is 1. The SMILES string of the molecule is C[C@@H]1CC[C@@H](C(=O)NOCc2cncn2C)N(C(=O)NOCc2ccccc2)C1.